The predicted octanol–water partition coefficient (Wildman–Crippen LogP) is 4.62. The Balaban J connectivity index is 1.83. The number of alkyl halides is 3. The van der Waals surface area contributed by atoms with Crippen LogP contribution in [0.5, 0.6) is 0 Å². The fourth-order valence-corrected chi connectivity index (χ4v) is 3.08. The summed E-state index contributed by atoms with van der Waals surface area (Å²) in [7, 11) is 1.35. The van der Waals surface area contributed by atoms with E-state index < -0.39 is 17.7 Å². The number of benzene rings is 1. The van der Waals surface area contributed by atoms with Gasteiger partial charge in [-0.25, -0.2) is 4.39 Å². The first-order valence-corrected chi connectivity index (χ1v) is 8.14. The molecule has 0 bridgehead atoms. The normalized spacial score (nSPS) is 11.8. The van der Waals surface area contributed by atoms with Crippen LogP contribution in [0.3, 0.4) is 0 Å². The number of rotatable bonds is 4. The second-order valence-corrected chi connectivity index (χ2v) is 6.14. The predicted molar refractivity (Wildman–Crippen MR) is 87.8 cm³/mol. The van der Waals surface area contributed by atoms with Crippen molar-refractivity contribution in [2.45, 2.75) is 19.6 Å². The van der Waals surface area contributed by atoms with Gasteiger partial charge >= 0.3 is 6.18 Å². The molecule has 0 radical (unpaired) electrons. The van der Waals surface area contributed by atoms with E-state index in [0.29, 0.717) is 12.2 Å². The van der Waals surface area contributed by atoms with Gasteiger partial charge in [-0.1, -0.05) is 0 Å². The molecule has 0 aliphatic rings. The van der Waals surface area contributed by atoms with E-state index in [1.807, 2.05) is 12.3 Å². The van der Waals surface area contributed by atoms with Gasteiger partial charge in [-0.3, -0.25) is 4.68 Å². The van der Waals surface area contributed by atoms with Crippen molar-refractivity contribution >= 4 is 17.2 Å². The Morgan fingerprint density at radius 3 is 2.56 bits per heavy atom. The van der Waals surface area contributed by atoms with Gasteiger partial charge in [0.2, 0.25) is 0 Å². The summed E-state index contributed by atoms with van der Waals surface area (Å²) in [6.07, 6.45) is -4.57. The van der Waals surface area contributed by atoms with Gasteiger partial charge in [-0.15, -0.1) is 0 Å². The van der Waals surface area contributed by atoms with Gasteiger partial charge in [0, 0.05) is 35.8 Å². The minimum absolute atomic E-state index is 0.0597. The van der Waals surface area contributed by atoms with Crippen LogP contribution in [0.2, 0.25) is 0 Å². The van der Waals surface area contributed by atoms with Crippen LogP contribution in [0.25, 0.3) is 11.3 Å². The molecule has 25 heavy (non-hydrogen) atoms. The minimum atomic E-state index is -4.57. The average molecular weight is 370 g/mol. The number of anilines is 1. The first-order chi connectivity index (χ1) is 11.8. The lowest BCUT2D eigenvalue weighted by atomic mass is 10.1. The molecule has 0 spiro atoms. The van der Waals surface area contributed by atoms with E-state index in [-0.39, 0.29) is 11.3 Å². The van der Waals surface area contributed by atoms with Crippen molar-refractivity contribution in [2.75, 3.05) is 5.32 Å². The van der Waals surface area contributed by atoms with Crippen molar-refractivity contribution in [3.63, 3.8) is 0 Å². The third-order valence-electron chi connectivity index (χ3n) is 3.75. The van der Waals surface area contributed by atoms with Crippen LogP contribution in [0, 0.1) is 12.7 Å². The summed E-state index contributed by atoms with van der Waals surface area (Å²) in [4.78, 5) is 0. The van der Waals surface area contributed by atoms with Crippen LogP contribution < -0.4 is 5.32 Å². The summed E-state index contributed by atoms with van der Waals surface area (Å²) in [5, 5.41) is 8.39. The summed E-state index contributed by atoms with van der Waals surface area (Å²) >= 11 is 1.34. The molecule has 3 aromatic rings. The molecule has 3 rings (SSSR count). The molecule has 132 valence electrons. The molecule has 2 aromatic heterocycles. The Bertz CT molecular complexity index is 898. The van der Waals surface area contributed by atoms with E-state index in [1.165, 1.54) is 30.7 Å². The fraction of sp³-hybridized carbons (Fsp3) is 0.250. The fourth-order valence-electron chi connectivity index (χ4n) is 2.37. The van der Waals surface area contributed by atoms with Crippen LogP contribution in [0.1, 0.15) is 17.0 Å². The van der Waals surface area contributed by atoms with Gasteiger partial charge in [-0.2, -0.15) is 22.6 Å². The molecule has 4 nitrogen and oxygen atoms in total. The largest absolute Gasteiger partial charge is 0.435 e. The van der Waals surface area contributed by atoms with Crippen LogP contribution in [-0.2, 0) is 19.8 Å². The van der Waals surface area contributed by atoms with Gasteiger partial charge in [0.1, 0.15) is 5.82 Å². The number of nitrogens with one attached hydrogen (secondary N) is 1. The van der Waals surface area contributed by atoms with E-state index in [4.69, 9.17) is 0 Å². The Morgan fingerprint density at radius 1 is 1.24 bits per heavy atom. The maximum Gasteiger partial charge on any atom is 0.435 e. The molecule has 1 aromatic carbocycles. The summed E-state index contributed by atoms with van der Waals surface area (Å²) in [6, 6.07) is 5.15. The van der Waals surface area contributed by atoms with Crippen molar-refractivity contribution in [3.05, 3.63) is 52.4 Å². The van der Waals surface area contributed by atoms with Crippen LogP contribution >= 0.6 is 11.5 Å². The van der Waals surface area contributed by atoms with Crippen LogP contribution in [0.4, 0.5) is 23.2 Å². The molecule has 0 aliphatic heterocycles. The highest BCUT2D eigenvalue weighted by atomic mass is 32.1. The van der Waals surface area contributed by atoms with E-state index >= 15 is 0 Å². The van der Waals surface area contributed by atoms with Gasteiger partial charge in [0.15, 0.2) is 5.69 Å². The molecule has 0 aliphatic carbocycles. The lowest BCUT2D eigenvalue weighted by molar-refractivity contribution is -0.141. The number of hydrogen-bond acceptors (Lipinski definition) is 4. The zero-order valence-corrected chi connectivity index (χ0v) is 14.2. The zero-order chi connectivity index (χ0) is 18.2. The quantitative estimate of drug-likeness (QED) is 0.682. The first kappa shape index (κ1) is 17.4. The summed E-state index contributed by atoms with van der Waals surface area (Å²) < 4.78 is 57.8. The molecule has 0 unspecified atom stereocenters. The Kier molecular flexibility index (Phi) is 4.51. The van der Waals surface area contributed by atoms with E-state index in [0.717, 1.165) is 22.0 Å². The van der Waals surface area contributed by atoms with Crippen molar-refractivity contribution in [1.29, 1.82) is 0 Å². The number of aromatic nitrogens is 3. The topological polar surface area (TPSA) is 42.7 Å². The Morgan fingerprint density at radius 2 is 2.00 bits per heavy atom. The number of nitrogens with zero attached hydrogens (tertiary/aromatic N) is 3. The molecule has 1 N–H and O–H groups in total. The third-order valence-corrected chi connectivity index (χ3v) is 4.52. The number of halogens is 4. The van der Waals surface area contributed by atoms with Crippen LogP contribution in [-0.4, -0.2) is 14.2 Å². The number of hydrogen-bond donors (Lipinski definition) is 1. The maximum absolute atomic E-state index is 14.4. The molecule has 0 atom stereocenters. The molecule has 9 heteroatoms. The summed E-state index contributed by atoms with van der Waals surface area (Å²) in [5.74, 6) is -0.623. The number of aryl methyl sites for hydroxylation is 2. The highest BCUT2D eigenvalue weighted by Gasteiger charge is 2.34. The monoisotopic (exact) mass is 370 g/mol. The second kappa shape index (κ2) is 6.47. The summed E-state index contributed by atoms with van der Waals surface area (Å²) in [6.45, 7) is 2.38. The Labute approximate surface area is 145 Å². The second-order valence-electron chi connectivity index (χ2n) is 5.51. The molecule has 0 amide bonds. The highest BCUT2D eigenvalue weighted by molar-refractivity contribution is 7.03. The lowest BCUT2D eigenvalue weighted by Crippen LogP contribution is -2.06. The lowest BCUT2D eigenvalue weighted by Gasteiger charge is -2.09. The molecular formula is C16H14F4N4S. The van der Waals surface area contributed by atoms with Crippen molar-refractivity contribution < 1.29 is 17.6 Å². The average Bonchev–Trinajstić information content (AvgIpc) is 3.11. The third kappa shape index (κ3) is 3.65. The molecular weight excluding hydrogens is 356 g/mol. The first-order valence-electron chi connectivity index (χ1n) is 7.30. The zero-order valence-electron chi connectivity index (χ0n) is 13.4. The van der Waals surface area contributed by atoms with Crippen LogP contribution in [0.15, 0.2) is 29.6 Å². The highest BCUT2D eigenvalue weighted by Crippen LogP contribution is 2.32. The van der Waals surface area contributed by atoms with Gasteiger partial charge < -0.3 is 5.32 Å². The molecule has 0 saturated carbocycles. The van der Waals surface area contributed by atoms with E-state index in [1.54, 1.807) is 6.07 Å². The smallest absolute Gasteiger partial charge is 0.381 e. The van der Waals surface area contributed by atoms with Gasteiger partial charge in [0.05, 0.1) is 11.4 Å². The van der Waals surface area contributed by atoms with Gasteiger partial charge in [0.25, 0.3) is 0 Å². The van der Waals surface area contributed by atoms with Gasteiger partial charge in [-0.05, 0) is 42.7 Å². The van der Waals surface area contributed by atoms with Crippen molar-refractivity contribution in [2.24, 2.45) is 7.05 Å². The molecule has 0 fully saturated rings. The minimum Gasteiger partial charge on any atom is -0.381 e. The Hall–Kier alpha value is -2.42. The van der Waals surface area contributed by atoms with E-state index in [2.05, 4.69) is 14.8 Å². The SMILES string of the molecule is Cc1nscc1CNc1ccc(-c2cc(C(F)(F)F)nn2C)c(F)c1. The van der Waals surface area contributed by atoms with Crippen molar-refractivity contribution in [3.8, 4) is 11.3 Å². The summed E-state index contributed by atoms with van der Waals surface area (Å²) in [5.41, 5.74) is 1.52. The molecule has 2 heterocycles. The maximum atomic E-state index is 14.4. The molecule has 0 saturated heterocycles. The van der Waals surface area contributed by atoms with E-state index in [9.17, 15) is 17.6 Å². The van der Waals surface area contributed by atoms with Crippen molar-refractivity contribution in [1.82, 2.24) is 14.2 Å². The standard InChI is InChI=1S/C16H14F4N4S/c1-9-10(8-25-23-9)7-21-11-3-4-12(13(17)5-11)14-6-15(16(18,19)20)22-24(14)2/h3-6,8,21H,7H2,1-2H3.